The molecule has 0 aliphatic heterocycles. The van der Waals surface area contributed by atoms with Crippen molar-refractivity contribution >= 4 is 23.3 Å². The number of amides is 1. The van der Waals surface area contributed by atoms with Crippen molar-refractivity contribution in [2.24, 2.45) is 0 Å². The summed E-state index contributed by atoms with van der Waals surface area (Å²) in [5.74, 6) is -0.464. The Kier molecular flexibility index (Phi) is 3.79. The van der Waals surface area contributed by atoms with Crippen LogP contribution in [-0.2, 0) is 0 Å². The Morgan fingerprint density at radius 3 is 2.50 bits per heavy atom. The van der Waals surface area contributed by atoms with Crippen molar-refractivity contribution in [3.05, 3.63) is 58.9 Å². The molecule has 0 bridgehead atoms. The molecule has 2 aromatic rings. The van der Waals surface area contributed by atoms with Gasteiger partial charge in [0.2, 0.25) is 0 Å². The van der Waals surface area contributed by atoms with E-state index in [0.29, 0.717) is 16.3 Å². The molecule has 0 aliphatic rings. The van der Waals surface area contributed by atoms with E-state index in [1.165, 1.54) is 0 Å². The maximum absolute atomic E-state index is 11.8. The van der Waals surface area contributed by atoms with Gasteiger partial charge in [0.25, 0.3) is 5.91 Å². The molecule has 0 fully saturated rings. The van der Waals surface area contributed by atoms with Gasteiger partial charge in [-0.25, -0.2) is 0 Å². The van der Waals surface area contributed by atoms with Gasteiger partial charge in [-0.2, -0.15) is 0 Å². The van der Waals surface area contributed by atoms with Gasteiger partial charge in [0.05, 0.1) is 6.54 Å². The highest BCUT2D eigenvalue weighted by Crippen LogP contribution is 2.09. The summed E-state index contributed by atoms with van der Waals surface area (Å²) in [5.41, 5.74) is 0.949. The van der Waals surface area contributed by atoms with Crippen LogP contribution in [0.2, 0.25) is 5.02 Å². The van der Waals surface area contributed by atoms with E-state index in [9.17, 15) is 9.59 Å². The second-order valence-corrected chi connectivity index (χ2v) is 4.13. The Hall–Kier alpha value is -2.07. The number of ketones is 1. The van der Waals surface area contributed by atoms with Gasteiger partial charge in [-0.15, -0.1) is 0 Å². The number of carbonyl (C=O) groups excluding carboxylic acids is 2. The third-order valence-electron chi connectivity index (χ3n) is 2.42. The average Bonchev–Trinajstić information content (AvgIpc) is 2.90. The van der Waals surface area contributed by atoms with E-state index in [2.05, 4.69) is 10.3 Å². The number of aromatic nitrogens is 1. The maximum atomic E-state index is 11.8. The molecule has 1 amide bonds. The molecule has 0 unspecified atom stereocenters. The predicted molar refractivity (Wildman–Crippen MR) is 68.9 cm³/mol. The summed E-state index contributed by atoms with van der Waals surface area (Å²) >= 11 is 5.73. The van der Waals surface area contributed by atoms with Crippen LogP contribution in [0.15, 0.2) is 42.6 Å². The highest BCUT2D eigenvalue weighted by molar-refractivity contribution is 6.30. The van der Waals surface area contributed by atoms with E-state index in [1.54, 1.807) is 42.6 Å². The molecule has 2 N–H and O–H groups in total. The third-order valence-corrected chi connectivity index (χ3v) is 2.67. The minimum absolute atomic E-state index is 0.0422. The number of rotatable bonds is 4. The zero-order valence-corrected chi connectivity index (χ0v) is 10.2. The number of nitrogens with one attached hydrogen (secondary N) is 2. The SMILES string of the molecule is O=C(CNC(=O)c1ccc[nH]1)c1ccc(Cl)cc1. The number of hydrogen-bond donors (Lipinski definition) is 2. The number of benzene rings is 1. The van der Waals surface area contributed by atoms with Crippen LogP contribution in [-0.4, -0.2) is 23.2 Å². The van der Waals surface area contributed by atoms with Gasteiger partial charge < -0.3 is 10.3 Å². The lowest BCUT2D eigenvalue weighted by Gasteiger charge is -2.03. The predicted octanol–water partition coefficient (Wildman–Crippen LogP) is 2.28. The van der Waals surface area contributed by atoms with Gasteiger partial charge in [0.1, 0.15) is 5.69 Å². The normalized spacial score (nSPS) is 10.1. The minimum Gasteiger partial charge on any atom is -0.357 e. The fourth-order valence-corrected chi connectivity index (χ4v) is 1.59. The number of hydrogen-bond acceptors (Lipinski definition) is 2. The lowest BCUT2D eigenvalue weighted by Crippen LogP contribution is -2.29. The summed E-state index contributed by atoms with van der Waals surface area (Å²) < 4.78 is 0. The molecular weight excluding hydrogens is 252 g/mol. The van der Waals surface area contributed by atoms with Crippen LogP contribution < -0.4 is 5.32 Å². The van der Waals surface area contributed by atoms with Gasteiger partial charge >= 0.3 is 0 Å². The van der Waals surface area contributed by atoms with Crippen LogP contribution in [0.4, 0.5) is 0 Å². The highest BCUT2D eigenvalue weighted by atomic mass is 35.5. The van der Waals surface area contributed by atoms with E-state index >= 15 is 0 Å². The first-order valence-corrected chi connectivity index (χ1v) is 5.75. The van der Waals surface area contributed by atoms with E-state index in [-0.39, 0.29) is 18.2 Å². The topological polar surface area (TPSA) is 62.0 Å². The summed E-state index contributed by atoms with van der Waals surface area (Å²) in [5, 5.41) is 3.12. The molecule has 1 heterocycles. The first-order chi connectivity index (χ1) is 8.66. The largest absolute Gasteiger partial charge is 0.357 e. The smallest absolute Gasteiger partial charge is 0.268 e. The van der Waals surface area contributed by atoms with E-state index in [4.69, 9.17) is 11.6 Å². The summed E-state index contributed by atoms with van der Waals surface area (Å²) in [6, 6.07) is 9.90. The Morgan fingerprint density at radius 1 is 1.17 bits per heavy atom. The van der Waals surface area contributed by atoms with Gasteiger partial charge in [-0.05, 0) is 36.4 Å². The number of H-pyrrole nitrogens is 1. The molecule has 1 aromatic carbocycles. The first kappa shape index (κ1) is 12.4. The van der Waals surface area contributed by atoms with Crippen LogP contribution in [0.1, 0.15) is 20.8 Å². The minimum atomic E-state index is -0.303. The summed E-state index contributed by atoms with van der Waals surface area (Å²) in [7, 11) is 0. The molecule has 92 valence electrons. The number of carbonyl (C=O) groups is 2. The van der Waals surface area contributed by atoms with Gasteiger partial charge in [0, 0.05) is 16.8 Å². The Labute approximate surface area is 109 Å². The van der Waals surface area contributed by atoms with Crippen molar-refractivity contribution in [1.29, 1.82) is 0 Å². The standard InChI is InChI=1S/C13H11ClN2O2/c14-10-5-3-9(4-6-10)12(17)8-16-13(18)11-2-1-7-15-11/h1-7,15H,8H2,(H,16,18). The molecule has 0 spiro atoms. The second kappa shape index (κ2) is 5.51. The fraction of sp³-hybridized carbons (Fsp3) is 0.0769. The van der Waals surface area contributed by atoms with Gasteiger partial charge in [0.15, 0.2) is 5.78 Å². The van der Waals surface area contributed by atoms with Crippen molar-refractivity contribution in [1.82, 2.24) is 10.3 Å². The third kappa shape index (κ3) is 2.99. The Bertz CT molecular complexity index is 547. The summed E-state index contributed by atoms with van der Waals surface area (Å²) in [6.07, 6.45) is 1.65. The molecule has 0 saturated carbocycles. The first-order valence-electron chi connectivity index (χ1n) is 5.37. The quantitative estimate of drug-likeness (QED) is 0.831. The molecule has 1 aromatic heterocycles. The lowest BCUT2D eigenvalue weighted by atomic mass is 10.1. The molecular formula is C13H11ClN2O2. The molecule has 0 radical (unpaired) electrons. The van der Waals surface area contributed by atoms with Crippen LogP contribution >= 0.6 is 11.6 Å². The molecule has 0 saturated heterocycles. The molecule has 0 atom stereocenters. The maximum Gasteiger partial charge on any atom is 0.268 e. The molecule has 4 nitrogen and oxygen atoms in total. The molecule has 0 aliphatic carbocycles. The van der Waals surface area contributed by atoms with E-state index in [0.717, 1.165) is 0 Å². The number of aromatic amines is 1. The number of Topliss-reactive ketones (excluding diaryl/α,β-unsaturated/α-hetero) is 1. The van der Waals surface area contributed by atoms with Gasteiger partial charge in [-0.3, -0.25) is 9.59 Å². The molecule has 5 heteroatoms. The highest BCUT2D eigenvalue weighted by Gasteiger charge is 2.09. The van der Waals surface area contributed by atoms with Gasteiger partial charge in [-0.1, -0.05) is 11.6 Å². The zero-order chi connectivity index (χ0) is 13.0. The monoisotopic (exact) mass is 262 g/mol. The van der Waals surface area contributed by atoms with Crippen LogP contribution in [0.25, 0.3) is 0 Å². The number of halogens is 1. The molecule has 2 rings (SSSR count). The van der Waals surface area contributed by atoms with Crippen molar-refractivity contribution in [2.45, 2.75) is 0 Å². The van der Waals surface area contributed by atoms with Crippen LogP contribution in [0, 0.1) is 0 Å². The van der Waals surface area contributed by atoms with E-state index in [1.807, 2.05) is 0 Å². The van der Waals surface area contributed by atoms with Crippen molar-refractivity contribution in [3.63, 3.8) is 0 Å². The lowest BCUT2D eigenvalue weighted by molar-refractivity contribution is 0.0901. The van der Waals surface area contributed by atoms with Crippen LogP contribution in [0.3, 0.4) is 0 Å². The Balaban J connectivity index is 1.92. The summed E-state index contributed by atoms with van der Waals surface area (Å²) in [6.45, 7) is -0.0422. The van der Waals surface area contributed by atoms with Crippen LogP contribution in [0.5, 0.6) is 0 Å². The van der Waals surface area contributed by atoms with E-state index < -0.39 is 0 Å². The fourth-order valence-electron chi connectivity index (χ4n) is 1.47. The molecule has 18 heavy (non-hydrogen) atoms. The Morgan fingerprint density at radius 2 is 1.89 bits per heavy atom. The van der Waals surface area contributed by atoms with Crippen molar-refractivity contribution in [2.75, 3.05) is 6.54 Å². The average molecular weight is 263 g/mol. The second-order valence-electron chi connectivity index (χ2n) is 3.70. The van der Waals surface area contributed by atoms with Crippen molar-refractivity contribution in [3.8, 4) is 0 Å². The summed E-state index contributed by atoms with van der Waals surface area (Å²) in [4.78, 5) is 26.1. The zero-order valence-electron chi connectivity index (χ0n) is 9.44. The van der Waals surface area contributed by atoms with Crippen molar-refractivity contribution < 1.29 is 9.59 Å².